The molecule has 3 N–H and O–H groups in total. The maximum Gasteiger partial charge on any atom is 0.332 e. The topological polar surface area (TPSA) is 102 Å². The number of carbonyl (C=O) groups excluding carboxylic acids is 3. The molecule has 7 heteroatoms. The molecule has 1 aliphatic rings. The summed E-state index contributed by atoms with van der Waals surface area (Å²) in [4.78, 5) is 36.6. The largest absolute Gasteiger partial charge is 0.464 e. The van der Waals surface area contributed by atoms with E-state index in [-0.39, 0.29) is 19.1 Å². The molecule has 108 valence electrons. The van der Waals surface area contributed by atoms with Crippen LogP contribution in [0.5, 0.6) is 0 Å². The number of nitrogens with zero attached hydrogens (tertiary/aromatic N) is 1. The Morgan fingerprint density at radius 3 is 2.63 bits per heavy atom. The fourth-order valence-electron chi connectivity index (χ4n) is 2.17. The van der Waals surface area contributed by atoms with Crippen molar-refractivity contribution < 1.29 is 19.1 Å². The van der Waals surface area contributed by atoms with Gasteiger partial charge in [0, 0.05) is 20.1 Å². The van der Waals surface area contributed by atoms with E-state index in [1.807, 2.05) is 0 Å². The lowest BCUT2D eigenvalue weighted by molar-refractivity contribution is -0.150. The van der Waals surface area contributed by atoms with Crippen LogP contribution in [0.2, 0.25) is 0 Å². The number of rotatable bonds is 4. The third kappa shape index (κ3) is 3.23. The molecule has 1 heterocycles. The van der Waals surface area contributed by atoms with Gasteiger partial charge in [0.25, 0.3) is 5.91 Å². The zero-order chi connectivity index (χ0) is 14.6. The minimum atomic E-state index is -1.31. The van der Waals surface area contributed by atoms with Crippen molar-refractivity contribution in [1.82, 2.24) is 10.2 Å². The van der Waals surface area contributed by atoms with Gasteiger partial charge in [0.1, 0.15) is 0 Å². The summed E-state index contributed by atoms with van der Waals surface area (Å²) in [6.45, 7) is 4.28. The molecule has 19 heavy (non-hydrogen) atoms. The fourth-order valence-corrected chi connectivity index (χ4v) is 2.17. The highest BCUT2D eigenvalue weighted by atomic mass is 16.5. The predicted octanol–water partition coefficient (Wildman–Crippen LogP) is -1.14. The van der Waals surface area contributed by atoms with Crippen LogP contribution in [0.3, 0.4) is 0 Å². The zero-order valence-corrected chi connectivity index (χ0v) is 11.6. The summed E-state index contributed by atoms with van der Waals surface area (Å²) < 4.78 is 4.71. The summed E-state index contributed by atoms with van der Waals surface area (Å²) in [6.07, 6.45) is 0.550. The van der Waals surface area contributed by atoms with E-state index in [4.69, 9.17) is 10.5 Å². The van der Waals surface area contributed by atoms with Crippen LogP contribution in [0.25, 0.3) is 0 Å². The van der Waals surface area contributed by atoms with Crippen LogP contribution in [0, 0.1) is 5.41 Å². The number of nitrogens with two attached hydrogens (primary N) is 1. The Morgan fingerprint density at radius 1 is 1.47 bits per heavy atom. The lowest BCUT2D eigenvalue weighted by Gasteiger charge is -2.24. The molecule has 0 aromatic rings. The van der Waals surface area contributed by atoms with Crippen LogP contribution in [-0.2, 0) is 19.1 Å². The number of hydrogen-bond acceptors (Lipinski definition) is 5. The SMILES string of the molecule is CCOC(=O)C(N)C(=O)N1CCC(C)(C(=O)NC)C1. The molecule has 2 amide bonds. The molecule has 2 unspecified atom stereocenters. The highest BCUT2D eigenvalue weighted by Crippen LogP contribution is 2.30. The molecule has 0 aromatic carbocycles. The standard InChI is InChI=1S/C12H21N3O4/c1-4-19-10(17)8(13)9(16)15-6-5-12(2,7-15)11(18)14-3/h8H,4-7,13H2,1-3H3,(H,14,18). The average molecular weight is 271 g/mol. The van der Waals surface area contributed by atoms with Crippen molar-refractivity contribution in [1.29, 1.82) is 0 Å². The second-order valence-corrected chi connectivity index (χ2v) is 4.88. The molecular formula is C12H21N3O4. The van der Waals surface area contributed by atoms with Crippen LogP contribution in [-0.4, -0.2) is 55.5 Å². The van der Waals surface area contributed by atoms with E-state index < -0.39 is 23.3 Å². The molecule has 1 fully saturated rings. The van der Waals surface area contributed by atoms with Crippen LogP contribution < -0.4 is 11.1 Å². The Balaban J connectivity index is 2.66. The molecule has 1 saturated heterocycles. The first-order valence-electron chi connectivity index (χ1n) is 6.29. The van der Waals surface area contributed by atoms with Crippen molar-refractivity contribution >= 4 is 17.8 Å². The monoisotopic (exact) mass is 271 g/mol. The maximum absolute atomic E-state index is 12.0. The molecule has 1 aliphatic heterocycles. The van der Waals surface area contributed by atoms with E-state index in [0.29, 0.717) is 13.0 Å². The minimum Gasteiger partial charge on any atom is -0.464 e. The average Bonchev–Trinajstić information content (AvgIpc) is 2.80. The van der Waals surface area contributed by atoms with E-state index in [1.54, 1.807) is 20.9 Å². The van der Waals surface area contributed by atoms with Gasteiger partial charge in [-0.1, -0.05) is 0 Å². The maximum atomic E-state index is 12.0. The number of amides is 2. The van der Waals surface area contributed by atoms with Crippen molar-refractivity contribution in [3.05, 3.63) is 0 Å². The Hall–Kier alpha value is -1.63. The van der Waals surface area contributed by atoms with Crippen LogP contribution >= 0.6 is 0 Å². The van der Waals surface area contributed by atoms with Gasteiger partial charge < -0.3 is 20.7 Å². The Bertz CT molecular complexity index is 385. The molecule has 7 nitrogen and oxygen atoms in total. The molecule has 0 saturated carbocycles. The summed E-state index contributed by atoms with van der Waals surface area (Å²) in [6, 6.07) is -1.31. The Kier molecular flexibility index (Phi) is 4.88. The van der Waals surface area contributed by atoms with E-state index in [0.717, 1.165) is 0 Å². The van der Waals surface area contributed by atoms with E-state index in [2.05, 4.69) is 5.32 Å². The summed E-state index contributed by atoms with van der Waals surface area (Å²) in [5.74, 6) is -1.35. The first-order valence-corrected chi connectivity index (χ1v) is 6.29. The highest BCUT2D eigenvalue weighted by molar-refractivity contribution is 6.02. The van der Waals surface area contributed by atoms with Gasteiger partial charge in [-0.15, -0.1) is 0 Å². The van der Waals surface area contributed by atoms with Crippen molar-refractivity contribution in [3.8, 4) is 0 Å². The summed E-state index contributed by atoms with van der Waals surface area (Å²) in [5.41, 5.74) is 4.93. The Morgan fingerprint density at radius 2 is 2.11 bits per heavy atom. The predicted molar refractivity (Wildman–Crippen MR) is 68.0 cm³/mol. The van der Waals surface area contributed by atoms with E-state index in [1.165, 1.54) is 4.90 Å². The number of esters is 1. The summed E-state index contributed by atoms with van der Waals surface area (Å²) in [5, 5.41) is 2.58. The lowest BCUT2D eigenvalue weighted by Crippen LogP contribution is -2.49. The van der Waals surface area contributed by atoms with E-state index in [9.17, 15) is 14.4 Å². The molecular weight excluding hydrogens is 250 g/mol. The van der Waals surface area contributed by atoms with Crippen LogP contribution in [0.1, 0.15) is 20.3 Å². The molecule has 2 atom stereocenters. The molecule has 0 radical (unpaired) electrons. The molecule has 0 bridgehead atoms. The van der Waals surface area contributed by atoms with Gasteiger partial charge in [-0.3, -0.25) is 9.59 Å². The fraction of sp³-hybridized carbons (Fsp3) is 0.750. The summed E-state index contributed by atoms with van der Waals surface area (Å²) >= 11 is 0. The van der Waals surface area contributed by atoms with Gasteiger partial charge in [-0.05, 0) is 20.3 Å². The number of nitrogens with one attached hydrogen (secondary N) is 1. The minimum absolute atomic E-state index is 0.118. The first-order chi connectivity index (χ1) is 8.85. The van der Waals surface area contributed by atoms with Crippen molar-refractivity contribution in [2.24, 2.45) is 11.1 Å². The van der Waals surface area contributed by atoms with Gasteiger partial charge in [0.2, 0.25) is 5.91 Å². The Labute approximate surface area is 112 Å². The molecule has 0 aliphatic carbocycles. The number of carbonyl (C=O) groups is 3. The zero-order valence-electron chi connectivity index (χ0n) is 11.6. The second kappa shape index (κ2) is 6.01. The lowest BCUT2D eigenvalue weighted by atomic mass is 9.89. The molecule has 0 aromatic heterocycles. The third-order valence-electron chi connectivity index (χ3n) is 3.37. The van der Waals surface area contributed by atoms with Gasteiger partial charge >= 0.3 is 5.97 Å². The first kappa shape index (κ1) is 15.4. The van der Waals surface area contributed by atoms with Crippen molar-refractivity contribution in [2.75, 3.05) is 26.7 Å². The molecule has 1 rings (SSSR count). The van der Waals surface area contributed by atoms with Gasteiger partial charge in [0.05, 0.1) is 12.0 Å². The van der Waals surface area contributed by atoms with Crippen molar-refractivity contribution in [2.45, 2.75) is 26.3 Å². The van der Waals surface area contributed by atoms with Crippen molar-refractivity contribution in [3.63, 3.8) is 0 Å². The second-order valence-electron chi connectivity index (χ2n) is 4.88. The quantitative estimate of drug-likeness (QED) is 0.497. The van der Waals surface area contributed by atoms with E-state index >= 15 is 0 Å². The third-order valence-corrected chi connectivity index (χ3v) is 3.37. The smallest absolute Gasteiger partial charge is 0.332 e. The number of ether oxygens (including phenoxy) is 1. The van der Waals surface area contributed by atoms with Gasteiger partial charge in [0.15, 0.2) is 6.04 Å². The summed E-state index contributed by atoms with van der Waals surface area (Å²) in [7, 11) is 1.56. The molecule has 0 spiro atoms. The number of hydrogen-bond donors (Lipinski definition) is 2. The van der Waals surface area contributed by atoms with Crippen LogP contribution in [0.15, 0.2) is 0 Å². The number of likely N-dealkylation sites (tertiary alicyclic amines) is 1. The van der Waals surface area contributed by atoms with Crippen LogP contribution in [0.4, 0.5) is 0 Å². The normalized spacial score (nSPS) is 23.9. The highest BCUT2D eigenvalue weighted by Gasteiger charge is 2.43. The van der Waals surface area contributed by atoms with Gasteiger partial charge in [-0.25, -0.2) is 4.79 Å². The van der Waals surface area contributed by atoms with Gasteiger partial charge in [-0.2, -0.15) is 0 Å².